The minimum Gasteiger partial charge on any atom is -0.449 e. The molecule has 0 aliphatic heterocycles. The van der Waals surface area contributed by atoms with Gasteiger partial charge in [-0.1, -0.05) is 18.2 Å². The van der Waals surface area contributed by atoms with Crippen LogP contribution in [0.5, 0.6) is 0 Å². The summed E-state index contributed by atoms with van der Waals surface area (Å²) in [4.78, 5) is 24.8. The van der Waals surface area contributed by atoms with Crippen molar-refractivity contribution in [3.63, 3.8) is 0 Å². The Kier molecular flexibility index (Phi) is 7.16. The number of sulfonamides is 1. The maximum Gasteiger partial charge on any atom is 0.338 e. The topological polar surface area (TPSA) is 102 Å². The minimum atomic E-state index is -3.65. The molecule has 29 heavy (non-hydrogen) atoms. The second-order valence-corrected chi connectivity index (χ2v) is 8.82. The molecule has 0 spiro atoms. The van der Waals surface area contributed by atoms with E-state index < -0.39 is 28.0 Å². The Bertz CT molecular complexity index is 978. The zero-order valence-electron chi connectivity index (χ0n) is 17.1. The average Bonchev–Trinajstić information content (AvgIpc) is 2.63. The first kappa shape index (κ1) is 22.6. The number of rotatable bonds is 7. The van der Waals surface area contributed by atoms with Crippen LogP contribution in [0.25, 0.3) is 0 Å². The molecule has 0 radical (unpaired) electrons. The Labute approximate surface area is 171 Å². The Balaban J connectivity index is 2.05. The summed E-state index contributed by atoms with van der Waals surface area (Å²) in [6, 6.07) is 10.8. The van der Waals surface area contributed by atoms with Gasteiger partial charge >= 0.3 is 5.97 Å². The van der Waals surface area contributed by atoms with Crippen LogP contribution in [0.15, 0.2) is 47.4 Å². The largest absolute Gasteiger partial charge is 0.449 e. The predicted molar refractivity (Wildman–Crippen MR) is 111 cm³/mol. The molecule has 156 valence electrons. The van der Waals surface area contributed by atoms with E-state index in [1.807, 2.05) is 32.0 Å². The van der Waals surface area contributed by atoms with Gasteiger partial charge in [0.15, 0.2) is 6.10 Å². The van der Waals surface area contributed by atoms with Gasteiger partial charge in [0.1, 0.15) is 0 Å². The quantitative estimate of drug-likeness (QED) is 0.673. The zero-order chi connectivity index (χ0) is 21.8. The molecule has 0 aliphatic rings. The van der Waals surface area contributed by atoms with Crippen molar-refractivity contribution >= 4 is 27.6 Å². The molecule has 0 bridgehead atoms. The fraction of sp³-hybridized carbons (Fsp3) is 0.333. The van der Waals surface area contributed by atoms with E-state index in [9.17, 15) is 18.0 Å². The van der Waals surface area contributed by atoms with Crippen LogP contribution in [0.2, 0.25) is 0 Å². The molecule has 1 atom stereocenters. The molecule has 2 aromatic rings. The lowest BCUT2D eigenvalue weighted by Gasteiger charge is -2.16. The molecule has 0 saturated carbocycles. The maximum absolute atomic E-state index is 12.4. The number of benzene rings is 2. The van der Waals surface area contributed by atoms with E-state index in [0.717, 1.165) is 11.1 Å². The van der Waals surface area contributed by atoms with Gasteiger partial charge in [-0.2, -0.15) is 0 Å². The van der Waals surface area contributed by atoms with Gasteiger partial charge in [0.25, 0.3) is 5.91 Å². The van der Waals surface area contributed by atoms with E-state index in [1.54, 1.807) is 13.8 Å². The van der Waals surface area contributed by atoms with Crippen LogP contribution >= 0.6 is 0 Å². The van der Waals surface area contributed by atoms with Crippen LogP contribution in [0.3, 0.4) is 0 Å². The molecule has 2 N–H and O–H groups in total. The van der Waals surface area contributed by atoms with E-state index in [4.69, 9.17) is 4.74 Å². The number of hydrogen-bond donors (Lipinski definition) is 2. The van der Waals surface area contributed by atoms with Crippen LogP contribution in [-0.2, 0) is 19.6 Å². The van der Waals surface area contributed by atoms with E-state index in [2.05, 4.69) is 10.0 Å². The molecule has 0 fully saturated rings. The monoisotopic (exact) mass is 418 g/mol. The van der Waals surface area contributed by atoms with E-state index in [-0.39, 0.29) is 16.5 Å². The Morgan fingerprint density at radius 3 is 2.00 bits per heavy atom. The van der Waals surface area contributed by atoms with Crippen LogP contribution < -0.4 is 10.0 Å². The summed E-state index contributed by atoms with van der Waals surface area (Å²) in [5.41, 5.74) is 2.65. The van der Waals surface area contributed by atoms with E-state index >= 15 is 0 Å². The van der Waals surface area contributed by atoms with Gasteiger partial charge in [-0.25, -0.2) is 17.9 Å². The number of hydrogen-bond acceptors (Lipinski definition) is 5. The van der Waals surface area contributed by atoms with Crippen molar-refractivity contribution in [1.82, 2.24) is 4.72 Å². The third-order valence-corrected chi connectivity index (χ3v) is 5.85. The maximum atomic E-state index is 12.4. The second kappa shape index (κ2) is 9.19. The van der Waals surface area contributed by atoms with Crippen molar-refractivity contribution in [3.8, 4) is 0 Å². The number of ether oxygens (including phenoxy) is 1. The number of esters is 1. The summed E-state index contributed by atoms with van der Waals surface area (Å²) in [6.07, 6.45) is -1.02. The number of carbonyl (C=O) groups is 2. The lowest BCUT2D eigenvalue weighted by molar-refractivity contribution is -0.123. The molecule has 2 aromatic carbocycles. The Morgan fingerprint density at radius 1 is 0.931 bits per heavy atom. The molecular weight excluding hydrogens is 392 g/mol. The second-order valence-electron chi connectivity index (χ2n) is 7.10. The molecular formula is C21H26N2O5S. The standard InChI is InChI=1S/C21H26N2O5S/c1-13(2)23-29(26,27)18-11-9-17(10-12-18)21(25)28-16(5)20(24)22-19-14(3)7-6-8-15(19)4/h6-13,16,23H,1-5H3,(H,22,24). The summed E-state index contributed by atoms with van der Waals surface area (Å²) in [5.74, 6) is -1.16. The van der Waals surface area contributed by atoms with Gasteiger partial charge in [0.2, 0.25) is 10.0 Å². The SMILES string of the molecule is Cc1cccc(C)c1NC(=O)C(C)OC(=O)c1ccc(S(=O)(=O)NC(C)C)cc1. The first-order valence-corrected chi connectivity index (χ1v) is 10.7. The van der Waals surface area contributed by atoms with Crippen LogP contribution in [0, 0.1) is 13.8 Å². The molecule has 8 heteroatoms. The normalized spacial score (nSPS) is 12.5. The smallest absolute Gasteiger partial charge is 0.338 e. The summed E-state index contributed by atoms with van der Waals surface area (Å²) >= 11 is 0. The highest BCUT2D eigenvalue weighted by Crippen LogP contribution is 2.20. The van der Waals surface area contributed by atoms with Crippen molar-refractivity contribution < 1.29 is 22.7 Å². The van der Waals surface area contributed by atoms with Crippen molar-refractivity contribution in [2.24, 2.45) is 0 Å². The van der Waals surface area contributed by atoms with Crippen molar-refractivity contribution in [3.05, 3.63) is 59.2 Å². The first-order chi connectivity index (χ1) is 13.5. The molecule has 0 aliphatic carbocycles. The van der Waals surface area contributed by atoms with Crippen molar-refractivity contribution in [2.75, 3.05) is 5.32 Å². The van der Waals surface area contributed by atoms with E-state index in [0.29, 0.717) is 5.69 Å². The summed E-state index contributed by atoms with van der Waals surface area (Å²) in [6.45, 7) is 8.67. The summed E-state index contributed by atoms with van der Waals surface area (Å²) in [5, 5.41) is 2.78. The van der Waals surface area contributed by atoms with Crippen LogP contribution in [-0.4, -0.2) is 32.4 Å². The first-order valence-electron chi connectivity index (χ1n) is 9.21. The number of amides is 1. The van der Waals surface area contributed by atoms with Gasteiger partial charge in [-0.05, 0) is 70.0 Å². The third-order valence-electron chi connectivity index (χ3n) is 4.17. The van der Waals surface area contributed by atoms with Gasteiger partial charge in [0, 0.05) is 11.7 Å². The molecule has 0 aromatic heterocycles. The molecule has 7 nitrogen and oxygen atoms in total. The minimum absolute atomic E-state index is 0.0450. The summed E-state index contributed by atoms with van der Waals surface area (Å²) < 4.78 is 32.0. The van der Waals surface area contributed by atoms with Crippen molar-refractivity contribution in [2.45, 2.75) is 51.7 Å². The number of anilines is 1. The predicted octanol–water partition coefficient (Wildman–Crippen LogP) is 3.17. The van der Waals surface area contributed by atoms with Gasteiger partial charge in [0.05, 0.1) is 10.5 Å². The Hall–Kier alpha value is -2.71. The average molecular weight is 419 g/mol. The zero-order valence-corrected chi connectivity index (χ0v) is 18.0. The van der Waals surface area contributed by atoms with Crippen LogP contribution in [0.1, 0.15) is 42.3 Å². The highest BCUT2D eigenvalue weighted by atomic mass is 32.2. The fourth-order valence-electron chi connectivity index (χ4n) is 2.67. The van der Waals surface area contributed by atoms with Gasteiger partial charge in [-0.15, -0.1) is 0 Å². The lowest BCUT2D eigenvalue weighted by Crippen LogP contribution is -2.31. The molecule has 0 saturated heterocycles. The number of nitrogens with one attached hydrogen (secondary N) is 2. The number of carbonyl (C=O) groups excluding carboxylic acids is 2. The highest BCUT2D eigenvalue weighted by molar-refractivity contribution is 7.89. The van der Waals surface area contributed by atoms with Gasteiger partial charge in [-0.3, -0.25) is 4.79 Å². The molecule has 1 amide bonds. The Morgan fingerprint density at radius 2 is 1.48 bits per heavy atom. The highest BCUT2D eigenvalue weighted by Gasteiger charge is 2.21. The van der Waals surface area contributed by atoms with Crippen molar-refractivity contribution in [1.29, 1.82) is 0 Å². The molecule has 0 heterocycles. The fourth-order valence-corrected chi connectivity index (χ4v) is 3.92. The number of para-hydroxylation sites is 1. The van der Waals surface area contributed by atoms with Crippen LogP contribution in [0.4, 0.5) is 5.69 Å². The lowest BCUT2D eigenvalue weighted by atomic mass is 10.1. The molecule has 1 unspecified atom stereocenters. The summed E-state index contributed by atoms with van der Waals surface area (Å²) in [7, 11) is -3.65. The third kappa shape index (κ3) is 5.88. The van der Waals surface area contributed by atoms with Gasteiger partial charge < -0.3 is 10.1 Å². The van der Waals surface area contributed by atoms with E-state index in [1.165, 1.54) is 31.2 Å². The number of aryl methyl sites for hydroxylation is 2. The molecule has 2 rings (SSSR count).